The van der Waals surface area contributed by atoms with Crippen molar-refractivity contribution in [2.45, 2.75) is 0 Å². The average molecular weight is 324 g/mol. The minimum absolute atomic E-state index is 0.652. The van der Waals surface area contributed by atoms with E-state index >= 15 is 0 Å². The molecule has 4 rings (SSSR count). The molecule has 0 atom stereocenters. The van der Waals surface area contributed by atoms with Crippen LogP contribution >= 0.6 is 11.3 Å². The van der Waals surface area contributed by atoms with Crippen LogP contribution in [0.2, 0.25) is 0 Å². The van der Waals surface area contributed by atoms with Crippen LogP contribution < -0.4 is 5.32 Å². The Morgan fingerprint density at radius 1 is 1.17 bits per heavy atom. The van der Waals surface area contributed by atoms with Gasteiger partial charge in [0.15, 0.2) is 0 Å². The van der Waals surface area contributed by atoms with Crippen molar-refractivity contribution in [3.8, 4) is 11.3 Å². The molecule has 2 aromatic heterocycles. The van der Waals surface area contributed by atoms with E-state index in [1.54, 1.807) is 18.4 Å². The van der Waals surface area contributed by atoms with Gasteiger partial charge in [-0.25, -0.2) is 9.50 Å². The van der Waals surface area contributed by atoms with Crippen molar-refractivity contribution in [3.63, 3.8) is 0 Å². The van der Waals surface area contributed by atoms with Crippen molar-refractivity contribution in [2.24, 2.45) is 0 Å². The monoisotopic (exact) mass is 324 g/mol. The van der Waals surface area contributed by atoms with Crippen molar-refractivity contribution < 1.29 is 4.74 Å². The lowest BCUT2D eigenvalue weighted by Gasteiger charge is -2.02. The van der Waals surface area contributed by atoms with Crippen LogP contribution in [0.1, 0.15) is 0 Å². The summed E-state index contributed by atoms with van der Waals surface area (Å²) in [6.45, 7) is 1.39. The van der Waals surface area contributed by atoms with Crippen LogP contribution in [0.5, 0.6) is 0 Å². The molecule has 0 aliphatic rings. The number of imidazole rings is 1. The van der Waals surface area contributed by atoms with Crippen LogP contribution in [0.4, 0.5) is 5.13 Å². The molecular formula is C17H16N4OS. The van der Waals surface area contributed by atoms with E-state index in [1.165, 1.54) is 10.8 Å². The highest BCUT2D eigenvalue weighted by Crippen LogP contribution is 2.28. The zero-order valence-corrected chi connectivity index (χ0v) is 13.5. The van der Waals surface area contributed by atoms with Crippen molar-refractivity contribution in [1.29, 1.82) is 0 Å². The number of hydrogen-bond acceptors (Lipinski definition) is 5. The molecule has 0 spiro atoms. The van der Waals surface area contributed by atoms with Gasteiger partial charge in [-0.15, -0.1) is 5.10 Å². The fourth-order valence-electron chi connectivity index (χ4n) is 2.57. The second kappa shape index (κ2) is 5.98. The molecular weight excluding hydrogens is 308 g/mol. The molecule has 116 valence electrons. The van der Waals surface area contributed by atoms with E-state index in [0.717, 1.165) is 27.9 Å². The first-order chi connectivity index (χ1) is 11.3. The molecule has 0 bridgehead atoms. The van der Waals surface area contributed by atoms with Crippen LogP contribution in [0.15, 0.2) is 48.7 Å². The second-order valence-electron chi connectivity index (χ2n) is 5.23. The Morgan fingerprint density at radius 2 is 2.04 bits per heavy atom. The number of anilines is 1. The Kier molecular flexibility index (Phi) is 3.69. The van der Waals surface area contributed by atoms with E-state index in [-0.39, 0.29) is 0 Å². The van der Waals surface area contributed by atoms with Gasteiger partial charge in [-0.3, -0.25) is 0 Å². The molecule has 0 fully saturated rings. The maximum atomic E-state index is 5.04. The van der Waals surface area contributed by atoms with Gasteiger partial charge in [0.1, 0.15) is 0 Å². The van der Waals surface area contributed by atoms with E-state index in [4.69, 9.17) is 4.74 Å². The first-order valence-electron chi connectivity index (χ1n) is 7.42. The summed E-state index contributed by atoms with van der Waals surface area (Å²) in [4.78, 5) is 5.35. The number of nitrogens with one attached hydrogen (secondary N) is 1. The van der Waals surface area contributed by atoms with E-state index in [0.29, 0.717) is 6.61 Å². The molecule has 0 unspecified atom stereocenters. The van der Waals surface area contributed by atoms with Gasteiger partial charge >= 0.3 is 0 Å². The number of hydrogen-bond donors (Lipinski definition) is 1. The molecule has 6 heteroatoms. The Hall–Kier alpha value is -2.44. The number of aromatic nitrogens is 3. The normalized spacial score (nSPS) is 11.3. The summed E-state index contributed by atoms with van der Waals surface area (Å²) in [5.41, 5.74) is 2.12. The lowest BCUT2D eigenvalue weighted by molar-refractivity contribution is 0.210. The summed E-state index contributed by atoms with van der Waals surface area (Å²) in [6.07, 6.45) is 1.88. The lowest BCUT2D eigenvalue weighted by Crippen LogP contribution is -2.07. The maximum Gasteiger partial charge on any atom is 0.214 e. The Balaban J connectivity index is 1.72. The van der Waals surface area contributed by atoms with Crippen LogP contribution in [-0.2, 0) is 4.74 Å². The van der Waals surface area contributed by atoms with Crippen molar-refractivity contribution in [2.75, 3.05) is 25.6 Å². The minimum Gasteiger partial charge on any atom is -0.383 e. The maximum absolute atomic E-state index is 5.04. The lowest BCUT2D eigenvalue weighted by atomic mass is 10.1. The summed E-state index contributed by atoms with van der Waals surface area (Å²) in [5.74, 6) is 0. The Labute approximate surface area is 137 Å². The number of ether oxygens (including phenoxy) is 1. The van der Waals surface area contributed by atoms with Crippen molar-refractivity contribution in [3.05, 3.63) is 48.7 Å². The van der Waals surface area contributed by atoms with Gasteiger partial charge in [0.25, 0.3) is 0 Å². The van der Waals surface area contributed by atoms with Gasteiger partial charge in [-0.1, -0.05) is 47.7 Å². The molecule has 1 N–H and O–H groups in total. The molecule has 4 aromatic rings. The highest BCUT2D eigenvalue weighted by molar-refractivity contribution is 7.20. The summed E-state index contributed by atoms with van der Waals surface area (Å²) in [7, 11) is 1.69. The SMILES string of the molecule is COCCNc1nn2c(-c3ccc4ccccc4c3)cnc2s1. The van der Waals surface area contributed by atoms with E-state index in [1.807, 2.05) is 10.7 Å². The molecule has 2 heterocycles. The van der Waals surface area contributed by atoms with Crippen molar-refractivity contribution >= 4 is 32.2 Å². The van der Waals surface area contributed by atoms with Gasteiger partial charge in [-0.05, 0) is 16.8 Å². The van der Waals surface area contributed by atoms with Crippen molar-refractivity contribution in [1.82, 2.24) is 14.6 Å². The topological polar surface area (TPSA) is 51.5 Å². The molecule has 0 saturated carbocycles. The molecule has 0 aliphatic carbocycles. The molecule has 0 aliphatic heterocycles. The van der Waals surface area contributed by atoms with E-state index in [2.05, 4.69) is 57.9 Å². The molecule has 2 aromatic carbocycles. The zero-order chi connectivity index (χ0) is 15.6. The third-order valence-corrected chi connectivity index (χ3v) is 4.59. The largest absolute Gasteiger partial charge is 0.383 e. The third-order valence-electron chi connectivity index (χ3n) is 3.71. The highest BCUT2D eigenvalue weighted by atomic mass is 32.1. The van der Waals surface area contributed by atoms with Gasteiger partial charge in [0.05, 0.1) is 18.5 Å². The quantitative estimate of drug-likeness (QED) is 0.569. The van der Waals surface area contributed by atoms with Crippen LogP contribution in [0.25, 0.3) is 27.0 Å². The highest BCUT2D eigenvalue weighted by Gasteiger charge is 2.11. The first kappa shape index (κ1) is 14.2. The van der Waals surface area contributed by atoms with Gasteiger partial charge in [-0.2, -0.15) is 0 Å². The third kappa shape index (κ3) is 2.67. The predicted molar refractivity (Wildman–Crippen MR) is 94.2 cm³/mol. The second-order valence-corrected chi connectivity index (χ2v) is 6.18. The summed E-state index contributed by atoms with van der Waals surface area (Å²) in [6, 6.07) is 14.8. The molecule has 0 radical (unpaired) electrons. The number of benzene rings is 2. The molecule has 0 amide bonds. The van der Waals surface area contributed by atoms with Crippen LogP contribution in [0, 0.1) is 0 Å². The Morgan fingerprint density at radius 3 is 2.91 bits per heavy atom. The first-order valence-corrected chi connectivity index (χ1v) is 8.23. The average Bonchev–Trinajstić information content (AvgIpc) is 3.15. The van der Waals surface area contributed by atoms with Crippen LogP contribution in [-0.4, -0.2) is 34.9 Å². The van der Waals surface area contributed by atoms with Gasteiger partial charge in [0.2, 0.25) is 10.1 Å². The number of fused-ring (bicyclic) bond motifs is 2. The standard InChI is InChI=1S/C17H16N4OS/c1-22-9-8-18-16-20-21-15(11-19-17(21)23-16)14-7-6-12-4-2-3-5-13(12)10-14/h2-7,10-11H,8-9H2,1H3,(H,18,20). The molecule has 0 saturated heterocycles. The molecule has 23 heavy (non-hydrogen) atoms. The Bertz CT molecular complexity index is 959. The number of nitrogens with zero attached hydrogens (tertiary/aromatic N) is 3. The van der Waals surface area contributed by atoms with Crippen LogP contribution in [0.3, 0.4) is 0 Å². The number of methoxy groups -OCH3 is 1. The predicted octanol–water partition coefficient (Wildman–Crippen LogP) is 3.67. The van der Waals surface area contributed by atoms with E-state index in [9.17, 15) is 0 Å². The fourth-order valence-corrected chi connectivity index (χ4v) is 3.37. The fraction of sp³-hybridized carbons (Fsp3) is 0.176. The summed E-state index contributed by atoms with van der Waals surface area (Å²) < 4.78 is 6.94. The summed E-state index contributed by atoms with van der Waals surface area (Å²) in [5, 5.41) is 11.2. The molecule has 5 nitrogen and oxygen atoms in total. The minimum atomic E-state index is 0.652. The summed E-state index contributed by atoms with van der Waals surface area (Å²) >= 11 is 1.54. The van der Waals surface area contributed by atoms with E-state index < -0.39 is 0 Å². The van der Waals surface area contributed by atoms with Gasteiger partial charge in [0, 0.05) is 19.2 Å². The zero-order valence-electron chi connectivity index (χ0n) is 12.7. The van der Waals surface area contributed by atoms with Gasteiger partial charge < -0.3 is 10.1 Å². The smallest absolute Gasteiger partial charge is 0.214 e. The number of rotatable bonds is 5.